The average Bonchev–Trinajstić information content (AvgIpc) is 2.83. The smallest absolute Gasteiger partial charge is 0.106 e. The van der Waals surface area contributed by atoms with Crippen LogP contribution in [0, 0.1) is 11.8 Å². The van der Waals surface area contributed by atoms with Crippen molar-refractivity contribution < 1.29 is 9.94 Å². The Morgan fingerprint density at radius 3 is 2.74 bits per heavy atom. The van der Waals surface area contributed by atoms with E-state index in [0.29, 0.717) is 16.0 Å². The zero-order valence-corrected chi connectivity index (χ0v) is 14.9. The summed E-state index contributed by atoms with van der Waals surface area (Å²) >= 11 is 12.3. The molecule has 1 N–H and O–H groups in total. The van der Waals surface area contributed by atoms with Crippen molar-refractivity contribution in [2.75, 3.05) is 7.11 Å². The molecule has 0 spiro atoms. The van der Waals surface area contributed by atoms with Crippen LogP contribution in [0.2, 0.25) is 10.0 Å². The van der Waals surface area contributed by atoms with Crippen molar-refractivity contribution in [3.63, 3.8) is 0 Å². The third-order valence-corrected chi connectivity index (χ3v) is 5.67. The molecule has 3 atom stereocenters. The van der Waals surface area contributed by atoms with Crippen LogP contribution >= 0.6 is 23.2 Å². The number of halogens is 2. The van der Waals surface area contributed by atoms with Crippen LogP contribution in [-0.2, 0) is 4.84 Å². The number of oxime groups is 1. The second kappa shape index (κ2) is 6.84. The average molecular weight is 354 g/mol. The molecular formula is C18H21Cl2NO2. The van der Waals surface area contributed by atoms with E-state index in [2.05, 4.69) is 12.1 Å². The maximum atomic E-state index is 10.5. The quantitative estimate of drug-likeness (QED) is 0.614. The van der Waals surface area contributed by atoms with Crippen LogP contribution in [0.5, 0.6) is 0 Å². The molecule has 2 bridgehead atoms. The van der Waals surface area contributed by atoms with Gasteiger partial charge in [-0.25, -0.2) is 0 Å². The van der Waals surface area contributed by atoms with Gasteiger partial charge in [0.05, 0.1) is 21.9 Å². The molecule has 0 saturated heterocycles. The van der Waals surface area contributed by atoms with Gasteiger partial charge in [0, 0.05) is 5.92 Å². The topological polar surface area (TPSA) is 41.8 Å². The molecule has 124 valence electrons. The summed E-state index contributed by atoms with van der Waals surface area (Å²) in [6.45, 7) is 2.06. The van der Waals surface area contributed by atoms with Crippen LogP contribution in [0.15, 0.2) is 28.9 Å². The number of aliphatic hydroxyl groups is 1. The van der Waals surface area contributed by atoms with E-state index in [4.69, 9.17) is 28.0 Å². The lowest BCUT2D eigenvalue weighted by Gasteiger charge is -2.28. The first kappa shape index (κ1) is 16.8. The van der Waals surface area contributed by atoms with Gasteiger partial charge >= 0.3 is 0 Å². The van der Waals surface area contributed by atoms with Gasteiger partial charge in [-0.3, -0.25) is 0 Å². The highest BCUT2D eigenvalue weighted by atomic mass is 35.5. The van der Waals surface area contributed by atoms with Crippen molar-refractivity contribution in [3.8, 4) is 0 Å². The third kappa shape index (κ3) is 3.15. The van der Waals surface area contributed by atoms with Gasteiger partial charge in [0.1, 0.15) is 7.11 Å². The Labute approximate surface area is 146 Å². The summed E-state index contributed by atoms with van der Waals surface area (Å²) in [5, 5.41) is 15.8. The number of hydrogen-bond acceptors (Lipinski definition) is 3. The van der Waals surface area contributed by atoms with Gasteiger partial charge in [0.25, 0.3) is 0 Å². The largest absolute Gasteiger partial charge is 0.399 e. The molecule has 0 aliphatic heterocycles. The Balaban J connectivity index is 2.16. The molecule has 1 aromatic carbocycles. The van der Waals surface area contributed by atoms with Crippen LogP contribution in [0.3, 0.4) is 0 Å². The van der Waals surface area contributed by atoms with Gasteiger partial charge in [-0.2, -0.15) is 0 Å². The Morgan fingerprint density at radius 1 is 1.30 bits per heavy atom. The molecule has 2 aliphatic carbocycles. The monoisotopic (exact) mass is 353 g/mol. The maximum absolute atomic E-state index is 10.5. The zero-order valence-electron chi connectivity index (χ0n) is 13.4. The van der Waals surface area contributed by atoms with Crippen LogP contribution < -0.4 is 0 Å². The van der Waals surface area contributed by atoms with Crippen molar-refractivity contribution in [1.82, 2.24) is 0 Å². The molecule has 23 heavy (non-hydrogen) atoms. The highest BCUT2D eigenvalue weighted by Gasteiger charge is 2.42. The summed E-state index contributed by atoms with van der Waals surface area (Å²) in [6.07, 6.45) is 3.27. The second-order valence-electron chi connectivity index (χ2n) is 6.31. The molecule has 3 nitrogen and oxygen atoms in total. The number of benzene rings is 1. The minimum atomic E-state index is -0.302. The predicted octanol–water partition coefficient (Wildman–Crippen LogP) is 4.95. The molecule has 2 unspecified atom stereocenters. The highest BCUT2D eigenvalue weighted by Crippen LogP contribution is 2.49. The first-order chi connectivity index (χ1) is 11.0. The van der Waals surface area contributed by atoms with Crippen LogP contribution in [0.1, 0.15) is 38.2 Å². The Morgan fingerprint density at radius 2 is 2.09 bits per heavy atom. The zero-order chi connectivity index (χ0) is 16.6. The fourth-order valence-corrected chi connectivity index (χ4v) is 4.28. The van der Waals surface area contributed by atoms with Gasteiger partial charge in [-0.05, 0) is 60.4 Å². The maximum Gasteiger partial charge on any atom is 0.106 e. The normalized spacial score (nSPS) is 27.5. The molecule has 0 aromatic heterocycles. The molecule has 0 heterocycles. The number of hydrogen-bond donors (Lipinski definition) is 1. The van der Waals surface area contributed by atoms with Crippen LogP contribution in [0.4, 0.5) is 0 Å². The van der Waals surface area contributed by atoms with Crippen molar-refractivity contribution >= 4 is 34.5 Å². The number of nitrogens with zero attached hydrogens (tertiary/aromatic N) is 1. The molecular weight excluding hydrogens is 333 g/mol. The fraction of sp³-hybridized carbons (Fsp3) is 0.500. The van der Waals surface area contributed by atoms with E-state index in [1.54, 1.807) is 7.11 Å². The van der Waals surface area contributed by atoms with Gasteiger partial charge in [0.2, 0.25) is 0 Å². The molecule has 1 fully saturated rings. The standard InChI is InChI=1S/C18H21Cl2NO2/c1-3-16(21-23-2)18-12(6-10-7-13(18)17(22)8-10)11-4-5-14(19)15(20)9-11/h4-5,9-10,13,17,22H,3,6-8H2,1-2H3/t10?,13-,17?/m0/s1. The van der Waals surface area contributed by atoms with E-state index in [1.165, 1.54) is 5.57 Å². The number of rotatable bonds is 4. The molecule has 1 aromatic rings. The molecule has 5 heteroatoms. The SMILES string of the molecule is CCC(=NOC)C1=C(c2ccc(Cl)c(Cl)c2)CC2CC(O)[C@@H]1C2. The number of aliphatic hydroxyl groups excluding tert-OH is 1. The van der Waals surface area contributed by atoms with E-state index in [1.807, 2.05) is 18.2 Å². The van der Waals surface area contributed by atoms with Crippen LogP contribution in [0.25, 0.3) is 5.57 Å². The lowest BCUT2D eigenvalue weighted by molar-refractivity contribution is 0.149. The highest BCUT2D eigenvalue weighted by molar-refractivity contribution is 6.42. The van der Waals surface area contributed by atoms with Gasteiger partial charge in [-0.15, -0.1) is 0 Å². The summed E-state index contributed by atoms with van der Waals surface area (Å²) in [5.41, 5.74) is 4.33. The fourth-order valence-electron chi connectivity index (χ4n) is 3.98. The van der Waals surface area contributed by atoms with Crippen molar-refractivity contribution in [2.45, 2.75) is 38.7 Å². The van der Waals surface area contributed by atoms with E-state index in [-0.39, 0.29) is 12.0 Å². The molecule has 2 aliphatic rings. The molecule has 0 amide bonds. The number of fused-ring (bicyclic) bond motifs is 2. The Bertz CT molecular complexity index is 669. The molecule has 1 saturated carbocycles. The van der Waals surface area contributed by atoms with Crippen LogP contribution in [-0.4, -0.2) is 24.0 Å². The van der Waals surface area contributed by atoms with Crippen molar-refractivity contribution in [1.29, 1.82) is 0 Å². The lowest BCUT2D eigenvalue weighted by Crippen LogP contribution is -2.23. The minimum Gasteiger partial charge on any atom is -0.399 e. The van der Waals surface area contributed by atoms with Crippen molar-refractivity contribution in [3.05, 3.63) is 39.4 Å². The van der Waals surface area contributed by atoms with Crippen molar-refractivity contribution in [2.24, 2.45) is 17.0 Å². The van der Waals surface area contributed by atoms with Gasteiger partial charge in [-0.1, -0.05) is 41.3 Å². The molecule has 3 rings (SSSR count). The predicted molar refractivity (Wildman–Crippen MR) is 95.0 cm³/mol. The third-order valence-electron chi connectivity index (χ3n) is 4.93. The summed E-state index contributed by atoms with van der Waals surface area (Å²) in [5.74, 6) is 0.649. The van der Waals surface area contributed by atoms with Gasteiger partial charge in [0.15, 0.2) is 0 Å². The number of allylic oxidation sites excluding steroid dienone is 1. The van der Waals surface area contributed by atoms with E-state index in [0.717, 1.165) is 42.5 Å². The Kier molecular flexibility index (Phi) is 5.00. The van der Waals surface area contributed by atoms with Gasteiger partial charge < -0.3 is 9.94 Å². The van der Waals surface area contributed by atoms with E-state index < -0.39 is 0 Å². The summed E-state index contributed by atoms with van der Waals surface area (Å²) in [7, 11) is 1.56. The lowest BCUT2D eigenvalue weighted by atomic mass is 9.77. The minimum absolute atomic E-state index is 0.132. The summed E-state index contributed by atoms with van der Waals surface area (Å²) in [6, 6.07) is 5.74. The summed E-state index contributed by atoms with van der Waals surface area (Å²) in [4.78, 5) is 5.04. The summed E-state index contributed by atoms with van der Waals surface area (Å²) < 4.78 is 0. The first-order valence-electron chi connectivity index (χ1n) is 8.02. The Hall–Kier alpha value is -1.03. The second-order valence-corrected chi connectivity index (χ2v) is 7.13. The molecule has 0 radical (unpaired) electrons. The van der Waals surface area contributed by atoms with E-state index in [9.17, 15) is 5.11 Å². The van der Waals surface area contributed by atoms with E-state index >= 15 is 0 Å². The first-order valence-corrected chi connectivity index (χ1v) is 8.77.